The molecule has 2 aromatic rings. The fourth-order valence-corrected chi connectivity index (χ4v) is 3.53. The van der Waals surface area contributed by atoms with Gasteiger partial charge < -0.3 is 15.7 Å². The van der Waals surface area contributed by atoms with Crippen molar-refractivity contribution in [2.45, 2.75) is 16.7 Å². The van der Waals surface area contributed by atoms with Gasteiger partial charge in [-0.3, -0.25) is 0 Å². The van der Waals surface area contributed by atoms with Gasteiger partial charge in [0.15, 0.2) is 0 Å². The molecule has 0 amide bonds. The first-order valence-electron chi connectivity index (χ1n) is 6.76. The number of hydrogen-bond donors (Lipinski definition) is 2. The van der Waals surface area contributed by atoms with Gasteiger partial charge in [0.25, 0.3) is 0 Å². The van der Waals surface area contributed by atoms with Crippen LogP contribution in [0.4, 0.5) is 11.4 Å². The summed E-state index contributed by atoms with van der Waals surface area (Å²) in [5.74, 6) is 0.718. The van der Waals surface area contributed by atoms with Crippen LogP contribution in [-0.2, 0) is 0 Å². The van der Waals surface area contributed by atoms with Gasteiger partial charge in [0, 0.05) is 16.3 Å². The predicted molar refractivity (Wildman–Crippen MR) is 83.9 cm³/mol. The third kappa shape index (κ3) is 2.37. The summed E-state index contributed by atoms with van der Waals surface area (Å²) in [6, 6.07) is 13.9. The van der Waals surface area contributed by atoms with E-state index in [-0.39, 0.29) is 0 Å². The average molecular weight is 286 g/mol. The molecule has 20 heavy (non-hydrogen) atoms. The molecule has 0 unspecified atom stereocenters. The van der Waals surface area contributed by atoms with Crippen molar-refractivity contribution in [1.82, 2.24) is 0 Å². The van der Waals surface area contributed by atoms with E-state index in [1.807, 2.05) is 18.2 Å². The molecule has 104 valence electrons. The van der Waals surface area contributed by atoms with Gasteiger partial charge in [0.05, 0.1) is 11.4 Å². The highest BCUT2D eigenvalue weighted by atomic mass is 32.2. The second-order valence-corrected chi connectivity index (χ2v) is 6.26. The molecule has 0 aliphatic carbocycles. The molecule has 3 nitrogen and oxygen atoms in total. The average Bonchev–Trinajstić information content (AvgIpc) is 2.46. The molecule has 0 saturated carbocycles. The molecule has 1 aliphatic heterocycles. The number of nitrogens with two attached hydrogens (primary N) is 1. The molecule has 0 fully saturated rings. The predicted octanol–water partition coefficient (Wildman–Crippen LogP) is 3.59. The van der Waals surface area contributed by atoms with E-state index in [0.29, 0.717) is 18.2 Å². The summed E-state index contributed by atoms with van der Waals surface area (Å²) in [5.41, 5.74) is 8.15. The monoisotopic (exact) mass is 286 g/mol. The van der Waals surface area contributed by atoms with E-state index in [0.717, 1.165) is 17.1 Å². The Kier molecular flexibility index (Phi) is 3.59. The molecule has 1 aliphatic rings. The molecule has 3 rings (SSSR count). The van der Waals surface area contributed by atoms with Gasteiger partial charge in [-0.2, -0.15) is 0 Å². The summed E-state index contributed by atoms with van der Waals surface area (Å²) in [6.07, 6.45) is 0. The number of para-hydroxylation sites is 1. The number of aromatic hydroxyl groups is 1. The van der Waals surface area contributed by atoms with Crippen molar-refractivity contribution < 1.29 is 5.11 Å². The van der Waals surface area contributed by atoms with Gasteiger partial charge in [-0.25, -0.2) is 0 Å². The van der Waals surface area contributed by atoms with Gasteiger partial charge in [0.1, 0.15) is 5.75 Å². The maximum atomic E-state index is 9.70. The summed E-state index contributed by atoms with van der Waals surface area (Å²) >= 11 is 1.70. The van der Waals surface area contributed by atoms with Crippen LogP contribution in [-0.4, -0.2) is 18.2 Å². The fourth-order valence-electron chi connectivity index (χ4n) is 2.41. The van der Waals surface area contributed by atoms with Crippen LogP contribution in [0.3, 0.4) is 0 Å². The summed E-state index contributed by atoms with van der Waals surface area (Å²) in [4.78, 5) is 4.61. The summed E-state index contributed by atoms with van der Waals surface area (Å²) in [6.45, 7) is 3.70. The Labute approximate surface area is 123 Å². The van der Waals surface area contributed by atoms with Gasteiger partial charge >= 0.3 is 0 Å². The molecule has 2 aromatic carbocycles. The van der Waals surface area contributed by atoms with Crippen LogP contribution < -0.4 is 10.6 Å². The van der Waals surface area contributed by atoms with Crippen LogP contribution in [0.15, 0.2) is 52.3 Å². The molecular weight excluding hydrogens is 268 g/mol. The Morgan fingerprint density at radius 2 is 1.90 bits per heavy atom. The molecule has 0 aromatic heterocycles. The van der Waals surface area contributed by atoms with E-state index in [4.69, 9.17) is 5.73 Å². The maximum absolute atomic E-state index is 9.70. The minimum atomic E-state index is 0.308. The van der Waals surface area contributed by atoms with Crippen molar-refractivity contribution in [2.75, 3.05) is 18.0 Å². The molecule has 3 N–H and O–H groups in total. The standard InChI is InChI=1S/C16H18N2OS/c1-11(9-17)10-18-13-4-2-3-5-15(13)20-16-8-12(19)6-7-14(16)18/h2-8,11,19H,9-10,17H2,1H3/t11-/m1/s1. The lowest BCUT2D eigenvalue weighted by atomic mass is 10.1. The quantitative estimate of drug-likeness (QED) is 0.905. The Hall–Kier alpha value is -1.65. The lowest BCUT2D eigenvalue weighted by Crippen LogP contribution is -2.29. The van der Waals surface area contributed by atoms with Crippen LogP contribution in [0.1, 0.15) is 6.92 Å². The zero-order valence-electron chi connectivity index (χ0n) is 11.4. The second kappa shape index (κ2) is 5.38. The third-order valence-electron chi connectivity index (χ3n) is 3.51. The Bertz CT molecular complexity index is 630. The largest absolute Gasteiger partial charge is 0.508 e. The number of hydrogen-bond acceptors (Lipinski definition) is 4. The minimum absolute atomic E-state index is 0.308. The van der Waals surface area contributed by atoms with E-state index in [9.17, 15) is 5.11 Å². The molecule has 4 heteroatoms. The molecule has 1 atom stereocenters. The lowest BCUT2D eigenvalue weighted by molar-refractivity contribution is 0.473. The van der Waals surface area contributed by atoms with Crippen LogP contribution in [0.2, 0.25) is 0 Å². The maximum Gasteiger partial charge on any atom is 0.116 e. The molecule has 0 spiro atoms. The van der Waals surface area contributed by atoms with E-state index < -0.39 is 0 Å². The fraction of sp³-hybridized carbons (Fsp3) is 0.250. The highest BCUT2D eigenvalue weighted by Gasteiger charge is 2.24. The Morgan fingerprint density at radius 1 is 1.15 bits per heavy atom. The van der Waals surface area contributed by atoms with Crippen LogP contribution in [0.25, 0.3) is 0 Å². The summed E-state index contributed by atoms with van der Waals surface area (Å²) in [7, 11) is 0. The number of phenolic OH excluding ortho intramolecular Hbond substituents is 1. The zero-order valence-corrected chi connectivity index (χ0v) is 12.2. The summed E-state index contributed by atoms with van der Waals surface area (Å²) in [5, 5.41) is 9.70. The van der Waals surface area contributed by atoms with E-state index in [1.165, 1.54) is 10.6 Å². The minimum Gasteiger partial charge on any atom is -0.508 e. The van der Waals surface area contributed by atoms with Gasteiger partial charge in [-0.1, -0.05) is 30.8 Å². The van der Waals surface area contributed by atoms with Crippen LogP contribution >= 0.6 is 11.8 Å². The van der Waals surface area contributed by atoms with Crippen molar-refractivity contribution in [3.63, 3.8) is 0 Å². The first kappa shape index (κ1) is 13.3. The van der Waals surface area contributed by atoms with Gasteiger partial charge in [0.2, 0.25) is 0 Å². The molecule has 0 bridgehead atoms. The van der Waals surface area contributed by atoms with Crippen molar-refractivity contribution in [1.29, 1.82) is 0 Å². The molecule has 0 radical (unpaired) electrons. The summed E-state index contributed by atoms with van der Waals surface area (Å²) < 4.78 is 0. The van der Waals surface area contributed by atoms with E-state index in [2.05, 4.69) is 30.0 Å². The van der Waals surface area contributed by atoms with Crippen molar-refractivity contribution in [3.05, 3.63) is 42.5 Å². The van der Waals surface area contributed by atoms with Crippen LogP contribution in [0, 0.1) is 5.92 Å². The Morgan fingerprint density at radius 3 is 2.70 bits per heavy atom. The lowest BCUT2D eigenvalue weighted by Gasteiger charge is -2.34. The Balaban J connectivity index is 2.07. The van der Waals surface area contributed by atoms with Crippen LogP contribution in [0.5, 0.6) is 5.75 Å². The topological polar surface area (TPSA) is 49.5 Å². The smallest absolute Gasteiger partial charge is 0.116 e. The molecular formula is C16H18N2OS. The number of fused-ring (bicyclic) bond motifs is 2. The van der Waals surface area contributed by atoms with Gasteiger partial charge in [-0.15, -0.1) is 0 Å². The number of nitrogens with zero attached hydrogens (tertiary/aromatic N) is 1. The van der Waals surface area contributed by atoms with Gasteiger partial charge in [-0.05, 0) is 42.8 Å². The van der Waals surface area contributed by atoms with Crippen molar-refractivity contribution in [2.24, 2.45) is 11.7 Å². The first-order chi connectivity index (χ1) is 9.69. The number of rotatable bonds is 3. The normalized spacial score (nSPS) is 14.6. The zero-order chi connectivity index (χ0) is 14.1. The first-order valence-corrected chi connectivity index (χ1v) is 7.58. The van der Waals surface area contributed by atoms with Crippen molar-refractivity contribution >= 4 is 23.1 Å². The highest BCUT2D eigenvalue weighted by molar-refractivity contribution is 7.99. The highest BCUT2D eigenvalue weighted by Crippen LogP contribution is 2.49. The van der Waals surface area contributed by atoms with E-state index in [1.54, 1.807) is 17.8 Å². The van der Waals surface area contributed by atoms with Crippen molar-refractivity contribution in [3.8, 4) is 5.75 Å². The number of benzene rings is 2. The van der Waals surface area contributed by atoms with E-state index >= 15 is 0 Å². The third-order valence-corrected chi connectivity index (χ3v) is 4.62. The SMILES string of the molecule is C[C@H](CN)CN1c2ccccc2Sc2cc(O)ccc21. The number of anilines is 2. The number of phenols is 1. The molecule has 1 heterocycles. The second-order valence-electron chi connectivity index (χ2n) is 5.17. The molecule has 0 saturated heterocycles.